The fourth-order valence-corrected chi connectivity index (χ4v) is 1.64. The smallest absolute Gasteiger partial charge is 0.0558 e. The van der Waals surface area contributed by atoms with Gasteiger partial charge in [0, 0.05) is 25.0 Å². The average molecular weight is 159 g/mol. The predicted octanol–water partition coefficient (Wildman–Crippen LogP) is -0.317. The first-order chi connectivity index (χ1) is 5.26. The van der Waals surface area contributed by atoms with Crippen molar-refractivity contribution in [1.29, 1.82) is 0 Å². The first kappa shape index (κ1) is 8.97. The molecule has 0 saturated carbocycles. The summed E-state index contributed by atoms with van der Waals surface area (Å²) in [6.07, 6.45) is 1.03. The van der Waals surface area contributed by atoms with Crippen LogP contribution in [0.2, 0.25) is 0 Å². The molecule has 0 aromatic rings. The van der Waals surface area contributed by atoms with Crippen LogP contribution in [-0.4, -0.2) is 48.0 Å². The second-order valence-corrected chi connectivity index (χ2v) is 3.45. The van der Waals surface area contributed by atoms with Crippen molar-refractivity contribution in [3.63, 3.8) is 0 Å². The largest absolute Gasteiger partial charge is 0.396 e. The summed E-state index contributed by atoms with van der Waals surface area (Å²) in [5.41, 5.74) is 0.148. The molecule has 0 radical (unpaired) electrons. The maximum Gasteiger partial charge on any atom is 0.0558 e. The molecule has 1 fully saturated rings. The van der Waals surface area contributed by atoms with Gasteiger partial charge in [-0.3, -0.25) is 4.90 Å². The lowest BCUT2D eigenvalue weighted by Gasteiger charge is -2.48. The molecule has 1 aliphatic rings. The van der Waals surface area contributed by atoms with Crippen LogP contribution in [0.4, 0.5) is 0 Å². The Morgan fingerprint density at radius 3 is 2.36 bits per heavy atom. The number of aliphatic hydroxyl groups excluding tert-OH is 2. The van der Waals surface area contributed by atoms with Crippen LogP contribution in [-0.2, 0) is 0 Å². The standard InChI is InChI=1S/C8H17NO2/c1-2-8(7-11)5-9(6-8)3-4-10/h10-11H,2-7H2,1H3. The molecule has 1 heterocycles. The van der Waals surface area contributed by atoms with Gasteiger partial charge in [-0.05, 0) is 6.42 Å². The highest BCUT2D eigenvalue weighted by atomic mass is 16.3. The summed E-state index contributed by atoms with van der Waals surface area (Å²) in [7, 11) is 0. The van der Waals surface area contributed by atoms with Crippen LogP contribution in [0.3, 0.4) is 0 Å². The second kappa shape index (κ2) is 3.52. The Hall–Kier alpha value is -0.120. The molecule has 0 spiro atoms. The summed E-state index contributed by atoms with van der Waals surface area (Å²) in [4.78, 5) is 2.17. The minimum atomic E-state index is 0.148. The van der Waals surface area contributed by atoms with E-state index in [4.69, 9.17) is 10.2 Å². The van der Waals surface area contributed by atoms with Gasteiger partial charge in [0.15, 0.2) is 0 Å². The summed E-state index contributed by atoms with van der Waals surface area (Å²) < 4.78 is 0. The van der Waals surface area contributed by atoms with E-state index in [2.05, 4.69) is 11.8 Å². The Kier molecular flexibility index (Phi) is 2.87. The molecule has 3 heteroatoms. The van der Waals surface area contributed by atoms with Gasteiger partial charge in [0.1, 0.15) is 0 Å². The van der Waals surface area contributed by atoms with E-state index in [0.717, 1.165) is 26.1 Å². The van der Waals surface area contributed by atoms with Gasteiger partial charge in [-0.2, -0.15) is 0 Å². The average Bonchev–Trinajstić information content (AvgIpc) is 1.96. The normalized spacial score (nSPS) is 23.2. The number of hydrogen-bond donors (Lipinski definition) is 2. The predicted molar refractivity (Wildman–Crippen MR) is 43.3 cm³/mol. The number of β-amino-alcohol motifs (C(OH)–C–C–N with tert-alkyl or cyclic N) is 1. The monoisotopic (exact) mass is 159 g/mol. The van der Waals surface area contributed by atoms with E-state index in [-0.39, 0.29) is 18.6 Å². The summed E-state index contributed by atoms with van der Waals surface area (Å²) >= 11 is 0. The zero-order valence-electron chi connectivity index (χ0n) is 7.08. The summed E-state index contributed by atoms with van der Waals surface area (Å²) in [6, 6.07) is 0. The molecule has 0 unspecified atom stereocenters. The number of rotatable bonds is 4. The highest BCUT2D eigenvalue weighted by Crippen LogP contribution is 2.32. The molecule has 0 amide bonds. The molecule has 3 nitrogen and oxygen atoms in total. The molecular weight excluding hydrogens is 142 g/mol. The lowest BCUT2D eigenvalue weighted by atomic mass is 9.78. The molecule has 1 aliphatic heterocycles. The van der Waals surface area contributed by atoms with Crippen molar-refractivity contribution in [2.75, 3.05) is 32.8 Å². The van der Waals surface area contributed by atoms with Crippen molar-refractivity contribution in [2.24, 2.45) is 5.41 Å². The first-order valence-corrected chi connectivity index (χ1v) is 4.20. The SMILES string of the molecule is CCC1(CO)CN(CCO)C1. The third-order valence-corrected chi connectivity index (χ3v) is 2.62. The highest BCUT2D eigenvalue weighted by molar-refractivity contribution is 4.93. The van der Waals surface area contributed by atoms with Crippen LogP contribution >= 0.6 is 0 Å². The quantitative estimate of drug-likeness (QED) is 0.591. The zero-order chi connectivity index (χ0) is 8.32. The maximum atomic E-state index is 9.03. The number of hydrogen-bond acceptors (Lipinski definition) is 3. The molecule has 0 atom stereocenters. The molecule has 0 bridgehead atoms. The van der Waals surface area contributed by atoms with Crippen molar-refractivity contribution >= 4 is 0 Å². The Morgan fingerprint density at radius 2 is 2.00 bits per heavy atom. The van der Waals surface area contributed by atoms with Crippen LogP contribution in [0.15, 0.2) is 0 Å². The fourth-order valence-electron chi connectivity index (χ4n) is 1.64. The Bertz CT molecular complexity index is 115. The van der Waals surface area contributed by atoms with Crippen molar-refractivity contribution in [1.82, 2.24) is 4.90 Å². The van der Waals surface area contributed by atoms with Gasteiger partial charge < -0.3 is 10.2 Å². The van der Waals surface area contributed by atoms with Crippen LogP contribution < -0.4 is 0 Å². The van der Waals surface area contributed by atoms with Gasteiger partial charge in [0.05, 0.1) is 13.2 Å². The van der Waals surface area contributed by atoms with E-state index >= 15 is 0 Å². The Labute approximate surface area is 67.6 Å². The first-order valence-electron chi connectivity index (χ1n) is 4.20. The number of nitrogens with zero attached hydrogens (tertiary/aromatic N) is 1. The molecule has 2 N–H and O–H groups in total. The van der Waals surface area contributed by atoms with Crippen molar-refractivity contribution in [3.8, 4) is 0 Å². The van der Waals surface area contributed by atoms with E-state index in [1.807, 2.05) is 0 Å². The molecule has 0 aromatic carbocycles. The van der Waals surface area contributed by atoms with Crippen molar-refractivity contribution in [3.05, 3.63) is 0 Å². The molecular formula is C8H17NO2. The van der Waals surface area contributed by atoms with Gasteiger partial charge in [0.2, 0.25) is 0 Å². The molecule has 11 heavy (non-hydrogen) atoms. The molecule has 0 aliphatic carbocycles. The summed E-state index contributed by atoms with van der Waals surface area (Å²) in [5.74, 6) is 0. The van der Waals surface area contributed by atoms with Gasteiger partial charge in [-0.15, -0.1) is 0 Å². The minimum absolute atomic E-state index is 0.148. The highest BCUT2D eigenvalue weighted by Gasteiger charge is 2.40. The van der Waals surface area contributed by atoms with Crippen LogP contribution in [0.5, 0.6) is 0 Å². The summed E-state index contributed by atoms with van der Waals surface area (Å²) in [6.45, 7) is 5.26. The third kappa shape index (κ3) is 1.72. The van der Waals surface area contributed by atoms with E-state index < -0.39 is 0 Å². The molecule has 1 rings (SSSR count). The maximum absolute atomic E-state index is 9.03. The lowest BCUT2D eigenvalue weighted by Crippen LogP contribution is -2.58. The van der Waals surface area contributed by atoms with Crippen molar-refractivity contribution < 1.29 is 10.2 Å². The van der Waals surface area contributed by atoms with E-state index in [0.29, 0.717) is 0 Å². The van der Waals surface area contributed by atoms with Crippen LogP contribution in [0.25, 0.3) is 0 Å². The molecule has 0 aromatic heterocycles. The summed E-state index contributed by atoms with van der Waals surface area (Å²) in [5, 5.41) is 17.6. The van der Waals surface area contributed by atoms with Crippen LogP contribution in [0.1, 0.15) is 13.3 Å². The second-order valence-electron chi connectivity index (χ2n) is 3.45. The molecule has 66 valence electrons. The van der Waals surface area contributed by atoms with Gasteiger partial charge in [0.25, 0.3) is 0 Å². The minimum Gasteiger partial charge on any atom is -0.396 e. The van der Waals surface area contributed by atoms with Gasteiger partial charge in [-0.1, -0.05) is 6.92 Å². The number of likely N-dealkylation sites (tertiary alicyclic amines) is 1. The van der Waals surface area contributed by atoms with Crippen molar-refractivity contribution in [2.45, 2.75) is 13.3 Å². The number of aliphatic hydroxyl groups is 2. The Morgan fingerprint density at radius 1 is 1.36 bits per heavy atom. The van der Waals surface area contributed by atoms with Gasteiger partial charge >= 0.3 is 0 Å². The zero-order valence-corrected chi connectivity index (χ0v) is 7.08. The van der Waals surface area contributed by atoms with E-state index in [9.17, 15) is 0 Å². The topological polar surface area (TPSA) is 43.7 Å². The van der Waals surface area contributed by atoms with Crippen LogP contribution in [0, 0.1) is 5.41 Å². The van der Waals surface area contributed by atoms with E-state index in [1.165, 1.54) is 0 Å². The lowest BCUT2D eigenvalue weighted by molar-refractivity contribution is -0.0492. The van der Waals surface area contributed by atoms with Gasteiger partial charge in [-0.25, -0.2) is 0 Å². The Balaban J connectivity index is 2.24. The van der Waals surface area contributed by atoms with E-state index in [1.54, 1.807) is 0 Å². The molecule has 1 saturated heterocycles. The fraction of sp³-hybridized carbons (Fsp3) is 1.00. The third-order valence-electron chi connectivity index (χ3n) is 2.62.